The summed E-state index contributed by atoms with van der Waals surface area (Å²) in [6.07, 6.45) is -3.73. The van der Waals surface area contributed by atoms with Gasteiger partial charge in [-0.15, -0.1) is 0 Å². The van der Waals surface area contributed by atoms with E-state index in [0.29, 0.717) is 5.69 Å². The second-order valence-electron chi connectivity index (χ2n) is 7.60. The van der Waals surface area contributed by atoms with E-state index in [1.807, 2.05) is 0 Å². The lowest BCUT2D eigenvalue weighted by atomic mass is 10.1. The molecule has 1 saturated heterocycles. The van der Waals surface area contributed by atoms with E-state index in [2.05, 4.69) is 25.0 Å². The first-order valence-electron chi connectivity index (χ1n) is 10.2. The number of nitrogen functional groups attached to an aromatic ring is 1. The number of sulfonamides is 1. The average Bonchev–Trinajstić information content (AvgIpc) is 3.34. The highest BCUT2D eigenvalue weighted by atomic mass is 32.2. The van der Waals surface area contributed by atoms with Crippen LogP contribution in [-0.2, 0) is 19.6 Å². The molecule has 15 heteroatoms. The predicted octanol–water partition coefficient (Wildman–Crippen LogP) is -1.35. The van der Waals surface area contributed by atoms with Crippen molar-refractivity contribution in [3.05, 3.63) is 40.9 Å². The predicted molar refractivity (Wildman–Crippen MR) is 119 cm³/mol. The van der Waals surface area contributed by atoms with Crippen LogP contribution in [0.15, 0.2) is 40.3 Å². The number of fused-ring (bicyclic) bond motifs is 1. The van der Waals surface area contributed by atoms with Crippen molar-refractivity contribution in [1.82, 2.24) is 24.2 Å². The van der Waals surface area contributed by atoms with Crippen LogP contribution >= 0.6 is 0 Å². The summed E-state index contributed by atoms with van der Waals surface area (Å²) in [4.78, 5) is 33.6. The maximum absolute atomic E-state index is 12.7. The number of aromatic amines is 1. The molecule has 2 aromatic heterocycles. The third-order valence-corrected chi connectivity index (χ3v) is 6.75. The highest BCUT2D eigenvalue weighted by Crippen LogP contribution is 2.31. The first kappa shape index (κ1) is 23.8. The maximum Gasteiger partial charge on any atom is 0.280 e. The summed E-state index contributed by atoms with van der Waals surface area (Å²) >= 11 is 0. The molecule has 1 aromatic carbocycles. The number of aliphatic hydroxyl groups excluding tert-OH is 2. The summed E-state index contributed by atoms with van der Waals surface area (Å²) in [5.41, 5.74) is 5.44. The van der Waals surface area contributed by atoms with E-state index in [1.54, 1.807) is 6.92 Å². The number of hydrogen-bond acceptors (Lipinski definition) is 10. The van der Waals surface area contributed by atoms with Crippen molar-refractivity contribution in [3.8, 4) is 0 Å². The Morgan fingerprint density at radius 2 is 1.97 bits per heavy atom. The highest BCUT2D eigenvalue weighted by Gasteiger charge is 2.44. The lowest BCUT2D eigenvalue weighted by Gasteiger charge is -2.16. The number of imidazole rings is 1. The number of carbonyl (C=O) groups excluding carboxylic acids is 1. The van der Waals surface area contributed by atoms with Gasteiger partial charge in [0.15, 0.2) is 17.4 Å². The molecule has 1 aliphatic heterocycles. The topological polar surface area (TPSA) is 215 Å². The SMILES string of the molecule is CCC(=O)Nc1ccc(S(=O)(=O)NC[C@H]2O[C@@H](n3cnc4c(=O)[nH]c(N)nc43)[C@H](O)[C@@H]2O)cc1. The number of carbonyl (C=O) groups is 1. The minimum absolute atomic E-state index is 0.0361. The van der Waals surface area contributed by atoms with E-state index < -0.39 is 40.1 Å². The highest BCUT2D eigenvalue weighted by molar-refractivity contribution is 7.89. The smallest absolute Gasteiger partial charge is 0.280 e. The summed E-state index contributed by atoms with van der Waals surface area (Å²) in [6, 6.07) is 5.55. The molecule has 0 radical (unpaired) electrons. The van der Waals surface area contributed by atoms with E-state index >= 15 is 0 Å². The van der Waals surface area contributed by atoms with E-state index in [1.165, 1.54) is 35.2 Å². The van der Waals surface area contributed by atoms with Gasteiger partial charge in [-0.3, -0.25) is 19.1 Å². The fraction of sp³-hybridized carbons (Fsp3) is 0.368. The molecule has 3 heterocycles. The number of aliphatic hydroxyl groups is 2. The van der Waals surface area contributed by atoms with Crippen LogP contribution in [0.3, 0.4) is 0 Å². The molecule has 1 amide bonds. The van der Waals surface area contributed by atoms with Gasteiger partial charge in [-0.05, 0) is 24.3 Å². The van der Waals surface area contributed by atoms with Gasteiger partial charge in [0.05, 0.1) is 11.2 Å². The molecule has 3 aromatic rings. The van der Waals surface area contributed by atoms with Gasteiger partial charge >= 0.3 is 0 Å². The number of rotatable bonds is 7. The molecule has 0 unspecified atom stereocenters. The van der Waals surface area contributed by atoms with Crippen LogP contribution in [0.2, 0.25) is 0 Å². The molecule has 0 bridgehead atoms. The van der Waals surface area contributed by atoms with Crippen LogP contribution in [0, 0.1) is 0 Å². The first-order valence-corrected chi connectivity index (χ1v) is 11.7. The number of benzene rings is 1. The summed E-state index contributed by atoms with van der Waals surface area (Å²) in [5.74, 6) is -0.376. The van der Waals surface area contributed by atoms with Gasteiger partial charge in [0.2, 0.25) is 21.9 Å². The molecule has 0 saturated carbocycles. The lowest BCUT2D eigenvalue weighted by Crippen LogP contribution is -2.39. The second-order valence-corrected chi connectivity index (χ2v) is 9.37. The molecule has 0 spiro atoms. The monoisotopic (exact) mass is 493 g/mol. The van der Waals surface area contributed by atoms with Crippen LogP contribution < -0.4 is 21.3 Å². The first-order chi connectivity index (χ1) is 16.1. The number of H-pyrrole nitrogens is 1. The molecule has 0 aliphatic carbocycles. The van der Waals surface area contributed by atoms with Gasteiger partial charge < -0.3 is 26.0 Å². The lowest BCUT2D eigenvalue weighted by molar-refractivity contribution is -0.115. The Bertz CT molecular complexity index is 1370. The van der Waals surface area contributed by atoms with Crippen LogP contribution in [0.1, 0.15) is 19.6 Å². The number of nitrogens with zero attached hydrogens (tertiary/aromatic N) is 3. The van der Waals surface area contributed by atoms with Gasteiger partial charge in [-0.1, -0.05) is 6.92 Å². The van der Waals surface area contributed by atoms with E-state index in [9.17, 15) is 28.2 Å². The van der Waals surface area contributed by atoms with Crippen LogP contribution in [0.4, 0.5) is 11.6 Å². The van der Waals surface area contributed by atoms with Crippen molar-refractivity contribution in [1.29, 1.82) is 0 Å². The summed E-state index contributed by atoms with van der Waals surface area (Å²) in [5, 5.41) is 23.5. The number of hydrogen-bond donors (Lipinski definition) is 6. The van der Waals surface area contributed by atoms with E-state index in [0.717, 1.165) is 0 Å². The maximum atomic E-state index is 12.7. The summed E-state index contributed by atoms with van der Waals surface area (Å²) in [7, 11) is -3.99. The molecular formula is C19H23N7O7S. The zero-order valence-corrected chi connectivity index (χ0v) is 18.7. The molecule has 7 N–H and O–H groups in total. The Balaban J connectivity index is 1.47. The average molecular weight is 494 g/mol. The Labute approximate surface area is 192 Å². The van der Waals surface area contributed by atoms with Crippen LogP contribution in [0.5, 0.6) is 0 Å². The third-order valence-electron chi connectivity index (χ3n) is 5.31. The van der Waals surface area contributed by atoms with Crippen molar-refractivity contribution in [2.45, 2.75) is 42.8 Å². The fourth-order valence-electron chi connectivity index (χ4n) is 3.50. The molecule has 14 nitrogen and oxygen atoms in total. The molecule has 1 aliphatic rings. The van der Waals surface area contributed by atoms with E-state index in [4.69, 9.17) is 10.5 Å². The van der Waals surface area contributed by atoms with Gasteiger partial charge in [-0.2, -0.15) is 4.98 Å². The molecule has 4 rings (SSSR count). The number of anilines is 2. The van der Waals surface area contributed by atoms with E-state index in [-0.39, 0.29) is 40.9 Å². The number of amides is 1. The zero-order chi connectivity index (χ0) is 24.6. The number of ether oxygens (including phenoxy) is 1. The largest absolute Gasteiger partial charge is 0.387 e. The van der Waals surface area contributed by atoms with Gasteiger partial charge in [0.1, 0.15) is 18.3 Å². The van der Waals surface area contributed by atoms with Gasteiger partial charge in [0.25, 0.3) is 5.56 Å². The Kier molecular flexibility index (Phi) is 6.37. The Morgan fingerprint density at radius 1 is 1.26 bits per heavy atom. The quantitative estimate of drug-likeness (QED) is 0.227. The third kappa shape index (κ3) is 4.51. The van der Waals surface area contributed by atoms with Crippen molar-refractivity contribution >= 4 is 38.7 Å². The van der Waals surface area contributed by atoms with Crippen molar-refractivity contribution < 1.29 is 28.2 Å². The number of aromatic nitrogens is 4. The van der Waals surface area contributed by atoms with Crippen molar-refractivity contribution in [2.75, 3.05) is 17.6 Å². The van der Waals surface area contributed by atoms with Crippen LogP contribution in [0.25, 0.3) is 11.2 Å². The number of nitrogens with one attached hydrogen (secondary N) is 3. The molecule has 34 heavy (non-hydrogen) atoms. The van der Waals surface area contributed by atoms with Crippen molar-refractivity contribution in [2.24, 2.45) is 0 Å². The Morgan fingerprint density at radius 3 is 2.65 bits per heavy atom. The molecule has 182 valence electrons. The van der Waals surface area contributed by atoms with Crippen molar-refractivity contribution in [3.63, 3.8) is 0 Å². The fourth-order valence-corrected chi connectivity index (χ4v) is 4.54. The number of nitrogens with two attached hydrogens (primary N) is 1. The van der Waals surface area contributed by atoms with Crippen LogP contribution in [-0.4, -0.2) is 68.9 Å². The normalized spacial score (nSPS) is 22.8. The molecule has 4 atom stereocenters. The summed E-state index contributed by atoms with van der Waals surface area (Å²) < 4.78 is 34.6. The summed E-state index contributed by atoms with van der Waals surface area (Å²) in [6.45, 7) is 1.34. The molecular weight excluding hydrogens is 470 g/mol. The second kappa shape index (κ2) is 9.11. The Hall–Kier alpha value is -3.37. The standard InChI is InChI=1S/C19H23N7O7S/c1-2-12(27)23-9-3-5-10(6-4-9)34(31,32)22-7-11-14(28)15(29)18(33-11)26-8-21-13-16(26)24-19(20)25-17(13)30/h3-6,8,11,14-15,18,22,28-29H,2,7H2,1H3,(H,23,27)(H3,20,24,25,30)/t11-,14-,15-,18-/m1/s1. The minimum Gasteiger partial charge on any atom is -0.387 e. The van der Waals surface area contributed by atoms with Gasteiger partial charge in [-0.25, -0.2) is 18.1 Å². The zero-order valence-electron chi connectivity index (χ0n) is 17.9. The minimum atomic E-state index is -3.99. The van der Waals surface area contributed by atoms with Gasteiger partial charge in [0, 0.05) is 18.7 Å². The molecule has 1 fully saturated rings.